The molecule has 0 bridgehead atoms. The largest absolute Gasteiger partial charge is 0.324 e. The monoisotopic (exact) mass is 239 g/mol. The van der Waals surface area contributed by atoms with E-state index in [4.69, 9.17) is 5.73 Å². The Hall–Kier alpha value is -0.0800. The summed E-state index contributed by atoms with van der Waals surface area (Å²) in [6.07, 6.45) is 9.82. The summed E-state index contributed by atoms with van der Waals surface area (Å²) in [6, 6.07) is 0.454. The van der Waals surface area contributed by atoms with Crippen LogP contribution in [0.4, 0.5) is 0 Å². The Balaban J connectivity index is 1.86. The van der Waals surface area contributed by atoms with Gasteiger partial charge in [0.2, 0.25) is 0 Å². The molecule has 1 aliphatic carbocycles. The normalized spacial score (nSPS) is 39.0. The first kappa shape index (κ1) is 13.4. The summed E-state index contributed by atoms with van der Waals surface area (Å²) in [5.74, 6) is 1.90. The van der Waals surface area contributed by atoms with Crippen LogP contribution in [0.5, 0.6) is 0 Å². The maximum atomic E-state index is 6.29. The van der Waals surface area contributed by atoms with Gasteiger partial charge in [-0.2, -0.15) is 0 Å². The van der Waals surface area contributed by atoms with Crippen molar-refractivity contribution in [1.29, 1.82) is 0 Å². The summed E-state index contributed by atoms with van der Waals surface area (Å²) in [5.41, 5.74) is 6.29. The molecule has 0 aromatic carbocycles. The molecule has 2 heteroatoms. The van der Waals surface area contributed by atoms with E-state index in [0.717, 1.165) is 11.8 Å². The second-order valence-electron chi connectivity index (χ2n) is 6.97. The van der Waals surface area contributed by atoms with E-state index in [2.05, 4.69) is 14.0 Å². The molecular weight excluding hydrogens is 208 g/mol. The van der Waals surface area contributed by atoms with E-state index in [-0.39, 0.29) is 0 Å². The lowest BCUT2D eigenvalue weighted by Crippen LogP contribution is -2.60. The molecule has 17 heavy (non-hydrogen) atoms. The second-order valence-corrected chi connectivity index (χ2v) is 6.97. The molecule has 1 saturated carbocycles. The highest BCUT2D eigenvalue weighted by Crippen LogP contribution is 2.32. The maximum Gasteiger partial charge on any atom is 0.0938 e. The molecule has 2 N–H and O–H groups in total. The smallest absolute Gasteiger partial charge is 0.0938 e. The van der Waals surface area contributed by atoms with Crippen LogP contribution < -0.4 is 5.73 Å². The highest BCUT2D eigenvalue weighted by molar-refractivity contribution is 4.76. The molecule has 1 heterocycles. The molecule has 3 atom stereocenters. The lowest BCUT2D eigenvalue weighted by Gasteiger charge is -2.47. The van der Waals surface area contributed by atoms with Crippen LogP contribution in [0.3, 0.4) is 0 Å². The van der Waals surface area contributed by atoms with Crippen molar-refractivity contribution >= 4 is 0 Å². The number of unbranched alkanes of at least 4 members (excludes halogenated alkanes) is 1. The Bertz CT molecular complexity index is 237. The van der Waals surface area contributed by atoms with Crippen molar-refractivity contribution < 1.29 is 4.48 Å². The minimum atomic E-state index is 0.454. The molecule has 3 unspecified atom stereocenters. The van der Waals surface area contributed by atoms with Gasteiger partial charge in [0.15, 0.2) is 0 Å². The zero-order valence-corrected chi connectivity index (χ0v) is 11.8. The van der Waals surface area contributed by atoms with Crippen molar-refractivity contribution in [3.63, 3.8) is 0 Å². The Morgan fingerprint density at radius 3 is 2.53 bits per heavy atom. The van der Waals surface area contributed by atoms with Gasteiger partial charge in [-0.05, 0) is 25.7 Å². The van der Waals surface area contributed by atoms with E-state index < -0.39 is 0 Å². The van der Waals surface area contributed by atoms with Gasteiger partial charge < -0.3 is 10.2 Å². The maximum absolute atomic E-state index is 6.29. The van der Waals surface area contributed by atoms with Crippen LogP contribution in [0, 0.1) is 11.8 Å². The summed E-state index contributed by atoms with van der Waals surface area (Å²) in [7, 11) is 2.45. The van der Waals surface area contributed by atoms with Gasteiger partial charge in [0.25, 0.3) is 0 Å². The van der Waals surface area contributed by atoms with Crippen LogP contribution in [-0.4, -0.2) is 37.2 Å². The van der Waals surface area contributed by atoms with Gasteiger partial charge in [0.1, 0.15) is 0 Å². The topological polar surface area (TPSA) is 26.0 Å². The van der Waals surface area contributed by atoms with Crippen molar-refractivity contribution in [1.82, 2.24) is 0 Å². The number of hydrogen-bond acceptors (Lipinski definition) is 1. The van der Waals surface area contributed by atoms with Crippen LogP contribution in [0.15, 0.2) is 0 Å². The van der Waals surface area contributed by atoms with Crippen molar-refractivity contribution in [3.8, 4) is 0 Å². The number of hydrogen-bond donors (Lipinski definition) is 1. The highest BCUT2D eigenvalue weighted by atomic mass is 15.3. The first-order valence-corrected chi connectivity index (χ1v) is 7.70. The summed E-state index contributed by atoms with van der Waals surface area (Å²) >= 11 is 0. The first-order valence-electron chi connectivity index (χ1n) is 7.70. The van der Waals surface area contributed by atoms with E-state index in [0.29, 0.717) is 6.04 Å². The second kappa shape index (κ2) is 5.71. The number of quaternary nitrogens is 1. The zero-order valence-electron chi connectivity index (χ0n) is 11.8. The molecule has 0 amide bonds. The van der Waals surface area contributed by atoms with E-state index in [9.17, 15) is 0 Å². The fourth-order valence-electron chi connectivity index (χ4n) is 3.99. The molecule has 1 saturated heterocycles. The molecule has 100 valence electrons. The molecule has 2 aliphatic rings. The average Bonchev–Trinajstić information content (AvgIpc) is 2.20. The van der Waals surface area contributed by atoms with Crippen LogP contribution in [0.25, 0.3) is 0 Å². The Kier molecular flexibility index (Phi) is 4.48. The van der Waals surface area contributed by atoms with E-state index in [1.807, 2.05) is 0 Å². The highest BCUT2D eigenvalue weighted by Gasteiger charge is 2.37. The van der Waals surface area contributed by atoms with Gasteiger partial charge in [0.05, 0.1) is 32.7 Å². The van der Waals surface area contributed by atoms with Crippen molar-refractivity contribution in [2.45, 2.75) is 57.9 Å². The number of likely N-dealkylation sites (N-methyl/N-ethyl adjacent to an activating group) is 1. The van der Waals surface area contributed by atoms with Crippen molar-refractivity contribution in [2.24, 2.45) is 17.6 Å². The van der Waals surface area contributed by atoms with Gasteiger partial charge in [-0.25, -0.2) is 0 Å². The number of likely N-dealkylation sites (tertiary alicyclic amines) is 1. The van der Waals surface area contributed by atoms with Crippen LogP contribution in [0.2, 0.25) is 0 Å². The lowest BCUT2D eigenvalue weighted by molar-refractivity contribution is -0.922. The molecular formula is C15H31N2+. The molecule has 0 aromatic heterocycles. The SMILES string of the molecule is CCCCC1CC(N)C[N+](C)(CC2CCC2)C1. The molecule has 2 nitrogen and oxygen atoms in total. The molecule has 0 radical (unpaired) electrons. The Morgan fingerprint density at radius 2 is 1.94 bits per heavy atom. The number of piperidine rings is 1. The molecule has 0 aromatic rings. The van der Waals surface area contributed by atoms with Crippen LogP contribution in [0.1, 0.15) is 51.9 Å². The predicted molar refractivity (Wildman–Crippen MR) is 73.7 cm³/mol. The fourth-order valence-corrected chi connectivity index (χ4v) is 3.99. The van der Waals surface area contributed by atoms with Gasteiger partial charge in [0, 0.05) is 11.8 Å². The summed E-state index contributed by atoms with van der Waals surface area (Å²) in [6.45, 7) is 6.31. The van der Waals surface area contributed by atoms with Crippen LogP contribution in [-0.2, 0) is 0 Å². The minimum absolute atomic E-state index is 0.454. The van der Waals surface area contributed by atoms with Gasteiger partial charge >= 0.3 is 0 Å². The van der Waals surface area contributed by atoms with Crippen molar-refractivity contribution in [3.05, 3.63) is 0 Å². The quantitative estimate of drug-likeness (QED) is 0.734. The Labute approximate surface area is 107 Å². The fraction of sp³-hybridized carbons (Fsp3) is 1.00. The molecule has 1 aliphatic heterocycles. The molecule has 2 rings (SSSR count). The summed E-state index contributed by atoms with van der Waals surface area (Å²) in [4.78, 5) is 0. The Morgan fingerprint density at radius 1 is 1.18 bits per heavy atom. The van der Waals surface area contributed by atoms with E-state index in [1.54, 1.807) is 0 Å². The van der Waals surface area contributed by atoms with E-state index in [1.165, 1.54) is 69.1 Å². The summed E-state index contributed by atoms with van der Waals surface area (Å²) < 4.78 is 1.26. The third-order valence-electron chi connectivity index (χ3n) is 4.90. The molecule has 0 spiro atoms. The molecule has 2 fully saturated rings. The van der Waals surface area contributed by atoms with Gasteiger partial charge in [-0.1, -0.05) is 26.2 Å². The lowest BCUT2D eigenvalue weighted by atomic mass is 9.82. The zero-order chi connectivity index (χ0) is 12.3. The third kappa shape index (κ3) is 3.69. The van der Waals surface area contributed by atoms with Gasteiger partial charge in [-0.15, -0.1) is 0 Å². The van der Waals surface area contributed by atoms with Crippen LogP contribution >= 0.6 is 0 Å². The first-order chi connectivity index (χ1) is 8.11. The third-order valence-corrected chi connectivity index (χ3v) is 4.90. The number of rotatable bonds is 5. The predicted octanol–water partition coefficient (Wildman–Crippen LogP) is 2.77. The minimum Gasteiger partial charge on any atom is -0.324 e. The summed E-state index contributed by atoms with van der Waals surface area (Å²) in [5, 5.41) is 0. The number of nitrogens with zero attached hydrogens (tertiary/aromatic N) is 1. The van der Waals surface area contributed by atoms with Gasteiger partial charge in [-0.3, -0.25) is 0 Å². The standard InChI is InChI=1S/C15H31N2/c1-3-4-6-14-9-15(16)12-17(2,11-14)10-13-7-5-8-13/h13-15H,3-12,16H2,1-2H3/q+1. The number of nitrogens with two attached hydrogens (primary N) is 1. The van der Waals surface area contributed by atoms with Crippen molar-refractivity contribution in [2.75, 3.05) is 26.7 Å². The average molecular weight is 239 g/mol. The van der Waals surface area contributed by atoms with E-state index >= 15 is 0 Å².